The third kappa shape index (κ3) is 3.22. The zero-order chi connectivity index (χ0) is 19.9. The summed E-state index contributed by atoms with van der Waals surface area (Å²) in [7, 11) is -3.48. The number of nitrogens with zero attached hydrogens (tertiary/aromatic N) is 5. The Balaban J connectivity index is 1.86. The third-order valence-corrected chi connectivity index (χ3v) is 6.05. The lowest BCUT2D eigenvalue weighted by molar-refractivity contribution is -0.114. The Labute approximate surface area is 160 Å². The van der Waals surface area contributed by atoms with E-state index in [-0.39, 0.29) is 35.0 Å². The molecule has 1 saturated heterocycles. The highest BCUT2D eigenvalue weighted by Gasteiger charge is 2.35. The van der Waals surface area contributed by atoms with Crippen LogP contribution in [0.25, 0.3) is 23.0 Å². The minimum Gasteiger partial charge on any atom is -0.430 e. The number of sulfonamides is 1. The van der Waals surface area contributed by atoms with Crippen LogP contribution in [0.15, 0.2) is 23.0 Å². The lowest BCUT2D eigenvalue weighted by Crippen LogP contribution is -2.26. The normalized spacial score (nSPS) is 15.7. The lowest BCUT2D eigenvalue weighted by atomic mass is 10.1. The van der Waals surface area contributed by atoms with Crippen molar-refractivity contribution in [1.82, 2.24) is 25.1 Å². The Hall–Kier alpha value is -3.28. The number of carbonyl (C=O) groups excluding carboxylic acids is 1. The summed E-state index contributed by atoms with van der Waals surface area (Å²) in [4.78, 5) is 22.7. The molecule has 146 valence electrons. The zero-order valence-electron chi connectivity index (χ0n) is 15.1. The molecule has 4 rings (SSSR count). The molecule has 0 bridgehead atoms. The van der Waals surface area contributed by atoms with Crippen LogP contribution < -0.4 is 9.62 Å². The van der Waals surface area contributed by atoms with E-state index < -0.39 is 10.0 Å². The Morgan fingerprint density at radius 1 is 1.39 bits per heavy atom. The van der Waals surface area contributed by atoms with Crippen LogP contribution in [-0.2, 0) is 14.8 Å². The maximum atomic E-state index is 12.4. The fourth-order valence-corrected chi connectivity index (χ4v) is 4.46. The fourth-order valence-electron chi connectivity index (χ4n) is 2.95. The van der Waals surface area contributed by atoms with Crippen LogP contribution in [0.2, 0.25) is 0 Å². The standard InChI is InChI=1S/C16H17N7O4S/c1-9-7-17-12(20-10(2)24)6-11(9)16-21-15(23-4-3-5-28(23,25)26)13(27-16)14-18-8-19-22-14/h6-8H,3-5H2,1-2H3,(H,17,20,24)(H,18,19,22). The summed E-state index contributed by atoms with van der Waals surface area (Å²) in [5.41, 5.74) is 1.32. The first-order chi connectivity index (χ1) is 13.3. The molecule has 2 N–H and O–H groups in total. The zero-order valence-corrected chi connectivity index (χ0v) is 15.9. The van der Waals surface area contributed by atoms with Crippen LogP contribution in [-0.4, -0.2) is 51.8 Å². The number of aryl methyl sites for hydroxylation is 1. The molecule has 3 aromatic heterocycles. The highest BCUT2D eigenvalue weighted by molar-refractivity contribution is 7.93. The van der Waals surface area contributed by atoms with Gasteiger partial charge in [-0.2, -0.15) is 4.98 Å². The van der Waals surface area contributed by atoms with Gasteiger partial charge in [-0.25, -0.2) is 13.4 Å². The summed E-state index contributed by atoms with van der Waals surface area (Å²) >= 11 is 0. The van der Waals surface area contributed by atoms with Gasteiger partial charge in [-0.1, -0.05) is 0 Å². The average Bonchev–Trinajstić information content (AvgIpc) is 3.34. The molecule has 0 radical (unpaired) electrons. The van der Waals surface area contributed by atoms with E-state index in [1.54, 1.807) is 12.3 Å². The number of H-pyrrole nitrogens is 1. The van der Waals surface area contributed by atoms with Gasteiger partial charge < -0.3 is 14.7 Å². The van der Waals surface area contributed by atoms with Crippen molar-refractivity contribution in [3.05, 3.63) is 24.2 Å². The molecule has 0 spiro atoms. The number of rotatable bonds is 4. The molecule has 28 heavy (non-hydrogen) atoms. The summed E-state index contributed by atoms with van der Waals surface area (Å²) in [6, 6.07) is 1.62. The molecule has 1 aliphatic heterocycles. The highest BCUT2D eigenvalue weighted by Crippen LogP contribution is 2.37. The largest absolute Gasteiger partial charge is 0.430 e. The van der Waals surface area contributed by atoms with E-state index in [1.165, 1.54) is 17.6 Å². The van der Waals surface area contributed by atoms with Gasteiger partial charge in [-0.3, -0.25) is 9.10 Å². The Kier molecular flexibility index (Phi) is 4.34. The van der Waals surface area contributed by atoms with Crippen molar-refractivity contribution in [3.63, 3.8) is 0 Å². The molecule has 0 aliphatic carbocycles. The van der Waals surface area contributed by atoms with Gasteiger partial charge in [-0.05, 0) is 25.0 Å². The first-order valence-corrected chi connectivity index (χ1v) is 10.1. The number of aromatic amines is 1. The second-order valence-electron chi connectivity index (χ2n) is 6.32. The van der Waals surface area contributed by atoms with Crippen LogP contribution in [0.1, 0.15) is 18.9 Å². The second-order valence-corrected chi connectivity index (χ2v) is 8.33. The van der Waals surface area contributed by atoms with Crippen LogP contribution in [0.4, 0.5) is 11.6 Å². The SMILES string of the molecule is CC(=O)Nc1cc(-c2nc(N3CCCS3(=O)=O)c(-c3nnc[nH]3)o2)c(C)cn1. The molecule has 1 amide bonds. The third-order valence-electron chi connectivity index (χ3n) is 4.21. The molecule has 0 atom stereocenters. The molecule has 11 nitrogen and oxygen atoms in total. The minimum atomic E-state index is -3.48. The quantitative estimate of drug-likeness (QED) is 0.663. The van der Waals surface area contributed by atoms with E-state index in [2.05, 4.69) is 30.5 Å². The molecule has 4 heterocycles. The van der Waals surface area contributed by atoms with E-state index >= 15 is 0 Å². The summed E-state index contributed by atoms with van der Waals surface area (Å²) < 4.78 is 32.0. The first-order valence-electron chi connectivity index (χ1n) is 8.47. The molecule has 0 unspecified atom stereocenters. The number of carbonyl (C=O) groups is 1. The minimum absolute atomic E-state index is 0.0476. The van der Waals surface area contributed by atoms with Gasteiger partial charge in [0.05, 0.1) is 5.75 Å². The van der Waals surface area contributed by atoms with Crippen LogP contribution >= 0.6 is 0 Å². The van der Waals surface area contributed by atoms with Gasteiger partial charge in [0.15, 0.2) is 5.82 Å². The number of amides is 1. The maximum absolute atomic E-state index is 12.4. The predicted molar refractivity (Wildman–Crippen MR) is 99.9 cm³/mol. The molecule has 3 aromatic rings. The molecular weight excluding hydrogens is 386 g/mol. The monoisotopic (exact) mass is 403 g/mol. The van der Waals surface area contributed by atoms with Gasteiger partial charge in [-0.15, -0.1) is 10.2 Å². The van der Waals surface area contributed by atoms with Crippen molar-refractivity contribution >= 4 is 27.6 Å². The Morgan fingerprint density at radius 3 is 2.86 bits per heavy atom. The van der Waals surface area contributed by atoms with Crippen molar-refractivity contribution in [2.45, 2.75) is 20.3 Å². The maximum Gasteiger partial charge on any atom is 0.236 e. The smallest absolute Gasteiger partial charge is 0.236 e. The van der Waals surface area contributed by atoms with Gasteiger partial charge in [0.25, 0.3) is 0 Å². The number of hydrogen-bond donors (Lipinski definition) is 2. The molecule has 0 saturated carbocycles. The van der Waals surface area contributed by atoms with Crippen molar-refractivity contribution < 1.29 is 17.6 Å². The number of aromatic nitrogens is 5. The van der Waals surface area contributed by atoms with Crippen molar-refractivity contribution in [2.75, 3.05) is 21.9 Å². The molecule has 12 heteroatoms. The molecular formula is C16H17N7O4S. The molecule has 0 aromatic carbocycles. The number of oxazole rings is 1. The highest BCUT2D eigenvalue weighted by atomic mass is 32.2. The van der Waals surface area contributed by atoms with Gasteiger partial charge in [0.1, 0.15) is 12.1 Å². The predicted octanol–water partition coefficient (Wildman–Crippen LogP) is 1.33. The van der Waals surface area contributed by atoms with Crippen molar-refractivity contribution in [1.29, 1.82) is 0 Å². The van der Waals surface area contributed by atoms with E-state index in [4.69, 9.17) is 4.42 Å². The topological polar surface area (TPSA) is 147 Å². The van der Waals surface area contributed by atoms with Crippen LogP contribution in [0.3, 0.4) is 0 Å². The Bertz CT molecular complexity index is 1140. The second kappa shape index (κ2) is 6.71. The van der Waals surface area contributed by atoms with Crippen molar-refractivity contribution in [2.24, 2.45) is 0 Å². The van der Waals surface area contributed by atoms with Gasteiger partial charge in [0.2, 0.25) is 33.4 Å². The van der Waals surface area contributed by atoms with E-state index in [0.29, 0.717) is 24.3 Å². The summed E-state index contributed by atoms with van der Waals surface area (Å²) in [5, 5.41) is 10.3. The average molecular weight is 403 g/mol. The van der Waals surface area contributed by atoms with Gasteiger partial charge in [0, 0.05) is 25.2 Å². The van der Waals surface area contributed by atoms with Crippen LogP contribution in [0.5, 0.6) is 0 Å². The molecule has 1 fully saturated rings. The summed E-state index contributed by atoms with van der Waals surface area (Å²) in [5.74, 6) is 0.909. The van der Waals surface area contributed by atoms with E-state index in [9.17, 15) is 13.2 Å². The van der Waals surface area contributed by atoms with E-state index in [1.807, 2.05) is 6.92 Å². The van der Waals surface area contributed by atoms with Gasteiger partial charge >= 0.3 is 0 Å². The fraction of sp³-hybridized carbons (Fsp3) is 0.312. The van der Waals surface area contributed by atoms with E-state index in [0.717, 1.165) is 5.56 Å². The Morgan fingerprint density at radius 2 is 2.21 bits per heavy atom. The first kappa shape index (κ1) is 18.1. The number of pyridine rings is 1. The van der Waals surface area contributed by atoms with Crippen LogP contribution in [0, 0.1) is 6.92 Å². The number of nitrogens with one attached hydrogen (secondary N) is 2. The summed E-state index contributed by atoms with van der Waals surface area (Å²) in [6.45, 7) is 3.50. The lowest BCUT2D eigenvalue weighted by Gasteiger charge is -2.13. The van der Waals surface area contributed by atoms with Crippen molar-refractivity contribution in [3.8, 4) is 23.0 Å². The molecule has 1 aliphatic rings. The summed E-state index contributed by atoms with van der Waals surface area (Å²) in [6.07, 6.45) is 3.44. The number of hydrogen-bond acceptors (Lipinski definition) is 8. The number of anilines is 2.